The van der Waals surface area contributed by atoms with E-state index in [1.165, 1.54) is 6.92 Å². The first-order chi connectivity index (χ1) is 6.02. The van der Waals surface area contributed by atoms with Crippen molar-refractivity contribution in [1.82, 2.24) is 0 Å². The Hall–Kier alpha value is -1.05. The number of hydrogen-bond acceptors (Lipinski definition) is 1. The van der Waals surface area contributed by atoms with Crippen LogP contribution in [0.4, 0.5) is 0 Å². The summed E-state index contributed by atoms with van der Waals surface area (Å²) in [6, 6.07) is 9.81. The zero-order valence-electron chi connectivity index (χ0n) is 8.08. The zero-order chi connectivity index (χ0) is 9.90. The average Bonchev–Trinajstić information content (AvgIpc) is 2.05. The smallest absolute Gasteiger partial charge is 0.127 e. The third-order valence-electron chi connectivity index (χ3n) is 2.22. The monoisotopic (exact) mass is 172 g/mol. The van der Waals surface area contributed by atoms with Gasteiger partial charge in [-0.05, 0) is 24.2 Å². The third-order valence-corrected chi connectivity index (χ3v) is 2.22. The first-order valence-corrected chi connectivity index (χ1v) is 4.36. The van der Waals surface area contributed by atoms with Gasteiger partial charge in [-0.15, -0.1) is 0 Å². The Morgan fingerprint density at radius 1 is 1.38 bits per heavy atom. The van der Waals surface area contributed by atoms with Crippen molar-refractivity contribution in [1.29, 1.82) is 0 Å². The molecule has 0 spiro atoms. The lowest BCUT2D eigenvalue weighted by Crippen LogP contribution is -2.20. The van der Waals surface area contributed by atoms with Crippen LogP contribution in [-0.4, -0.2) is 13.6 Å². The summed E-state index contributed by atoms with van der Waals surface area (Å²) in [6.07, 6.45) is 0.600. The van der Waals surface area contributed by atoms with E-state index in [9.17, 15) is 4.79 Å². The fourth-order valence-corrected chi connectivity index (χ4v) is 1.14. The Balaban J connectivity index is 2.75. The van der Waals surface area contributed by atoms with Crippen LogP contribution in [0, 0.1) is 0 Å². The third kappa shape index (κ3) is 2.73. The van der Waals surface area contributed by atoms with Crippen molar-refractivity contribution < 1.29 is 4.79 Å². The van der Waals surface area contributed by atoms with Crippen molar-refractivity contribution >= 4 is 13.6 Å². The maximum Gasteiger partial charge on any atom is 0.127 e. The van der Waals surface area contributed by atoms with Crippen LogP contribution in [0.3, 0.4) is 0 Å². The second-order valence-corrected chi connectivity index (χ2v) is 3.64. The molecular formula is C11H13BO. The number of carbonyl (C=O) groups excluding carboxylic acids is 1. The van der Waals surface area contributed by atoms with E-state index in [0.29, 0.717) is 6.42 Å². The zero-order valence-corrected chi connectivity index (χ0v) is 8.08. The number of ketones is 1. The van der Waals surface area contributed by atoms with Crippen molar-refractivity contribution in [2.45, 2.75) is 25.6 Å². The highest BCUT2D eigenvalue weighted by Gasteiger charge is 2.22. The molecule has 1 aromatic rings. The van der Waals surface area contributed by atoms with Gasteiger partial charge in [-0.1, -0.05) is 37.3 Å². The Bertz CT molecular complexity index is 290. The van der Waals surface area contributed by atoms with Crippen LogP contribution >= 0.6 is 0 Å². The molecular weight excluding hydrogens is 159 g/mol. The lowest BCUT2D eigenvalue weighted by molar-refractivity contribution is -0.119. The van der Waals surface area contributed by atoms with Crippen LogP contribution in [0.1, 0.15) is 19.4 Å². The van der Waals surface area contributed by atoms with E-state index in [2.05, 4.69) is 0 Å². The van der Waals surface area contributed by atoms with Crippen LogP contribution in [-0.2, 0) is 11.2 Å². The van der Waals surface area contributed by atoms with Crippen LogP contribution in [0.2, 0.25) is 5.31 Å². The van der Waals surface area contributed by atoms with Gasteiger partial charge in [-0.25, -0.2) is 0 Å². The molecule has 0 aliphatic carbocycles. The molecule has 0 saturated carbocycles. The molecule has 0 saturated heterocycles. The van der Waals surface area contributed by atoms with E-state index >= 15 is 0 Å². The van der Waals surface area contributed by atoms with Crippen LogP contribution < -0.4 is 0 Å². The van der Waals surface area contributed by atoms with Gasteiger partial charge in [-0.3, -0.25) is 0 Å². The maximum absolute atomic E-state index is 11.1. The summed E-state index contributed by atoms with van der Waals surface area (Å²) in [5.41, 5.74) is 1.10. The molecule has 13 heavy (non-hydrogen) atoms. The van der Waals surface area contributed by atoms with Crippen molar-refractivity contribution in [3.05, 3.63) is 35.9 Å². The second-order valence-electron chi connectivity index (χ2n) is 3.64. The molecule has 2 radical (unpaired) electrons. The quantitative estimate of drug-likeness (QED) is 0.638. The van der Waals surface area contributed by atoms with Gasteiger partial charge in [0, 0.05) is 0 Å². The highest BCUT2D eigenvalue weighted by atomic mass is 16.1. The molecule has 0 aliphatic heterocycles. The lowest BCUT2D eigenvalue weighted by Gasteiger charge is -2.21. The molecule has 0 heterocycles. The minimum absolute atomic E-state index is 0.0244. The summed E-state index contributed by atoms with van der Waals surface area (Å²) in [4.78, 5) is 11.1. The van der Waals surface area contributed by atoms with Crippen molar-refractivity contribution in [2.75, 3.05) is 0 Å². The Morgan fingerprint density at radius 3 is 2.38 bits per heavy atom. The Labute approximate surface area is 80.6 Å². The van der Waals surface area contributed by atoms with Gasteiger partial charge >= 0.3 is 0 Å². The van der Waals surface area contributed by atoms with Gasteiger partial charge in [0.05, 0.1) is 7.85 Å². The van der Waals surface area contributed by atoms with E-state index in [0.717, 1.165) is 5.56 Å². The average molecular weight is 172 g/mol. The summed E-state index contributed by atoms with van der Waals surface area (Å²) >= 11 is 0. The largest absolute Gasteiger partial charge is 0.300 e. The number of rotatable bonds is 3. The number of carbonyl (C=O) groups is 1. The molecule has 0 aromatic heterocycles. The molecule has 1 atom stereocenters. The molecule has 1 rings (SSSR count). The molecule has 0 amide bonds. The molecule has 0 N–H and O–H groups in total. The highest BCUT2D eigenvalue weighted by molar-refractivity contribution is 6.27. The molecule has 66 valence electrons. The summed E-state index contributed by atoms with van der Waals surface area (Å²) < 4.78 is 0. The standard InChI is InChI=1S/C11H13BO/c1-9(13)11(2,12)8-10-6-4-3-5-7-10/h3-7H,8H2,1-2H3. The van der Waals surface area contributed by atoms with Crippen molar-refractivity contribution in [3.8, 4) is 0 Å². The Morgan fingerprint density at radius 2 is 1.92 bits per heavy atom. The summed E-state index contributed by atoms with van der Waals surface area (Å²) in [7, 11) is 5.84. The fourth-order valence-electron chi connectivity index (χ4n) is 1.14. The predicted molar refractivity (Wildman–Crippen MR) is 54.9 cm³/mol. The van der Waals surface area contributed by atoms with Crippen molar-refractivity contribution in [2.24, 2.45) is 0 Å². The van der Waals surface area contributed by atoms with Crippen LogP contribution in [0.15, 0.2) is 30.3 Å². The Kier molecular flexibility index (Phi) is 2.92. The first kappa shape index (κ1) is 10.0. The SMILES string of the molecule is [B]C(C)(Cc1ccccc1)C(C)=O. The predicted octanol–water partition coefficient (Wildman–Crippen LogP) is 2.17. The van der Waals surface area contributed by atoms with Gasteiger partial charge in [0.2, 0.25) is 0 Å². The molecule has 0 bridgehead atoms. The van der Waals surface area contributed by atoms with Gasteiger partial charge < -0.3 is 4.79 Å². The molecule has 2 heteroatoms. The lowest BCUT2D eigenvalue weighted by atomic mass is 9.64. The molecule has 1 nitrogen and oxygen atoms in total. The normalized spacial score (nSPS) is 14.9. The van der Waals surface area contributed by atoms with Gasteiger partial charge in [0.15, 0.2) is 0 Å². The maximum atomic E-state index is 11.1. The van der Waals surface area contributed by atoms with E-state index in [4.69, 9.17) is 7.85 Å². The first-order valence-electron chi connectivity index (χ1n) is 4.36. The topological polar surface area (TPSA) is 17.1 Å². The fraction of sp³-hybridized carbons (Fsp3) is 0.364. The summed E-state index contributed by atoms with van der Waals surface area (Å²) in [5, 5.41) is -0.735. The molecule has 1 unspecified atom stereocenters. The van der Waals surface area contributed by atoms with Crippen LogP contribution in [0.25, 0.3) is 0 Å². The van der Waals surface area contributed by atoms with Gasteiger partial charge in [0.1, 0.15) is 5.78 Å². The van der Waals surface area contributed by atoms with Gasteiger partial charge in [0.25, 0.3) is 0 Å². The molecule has 0 fully saturated rings. The van der Waals surface area contributed by atoms with E-state index in [-0.39, 0.29) is 5.78 Å². The molecule has 0 aliphatic rings. The minimum atomic E-state index is -0.735. The van der Waals surface area contributed by atoms with E-state index in [1.807, 2.05) is 30.3 Å². The number of benzene rings is 1. The number of Topliss-reactive ketones (excluding diaryl/α,β-unsaturated/α-hetero) is 1. The van der Waals surface area contributed by atoms with Crippen molar-refractivity contribution in [3.63, 3.8) is 0 Å². The number of hydrogen-bond donors (Lipinski definition) is 0. The van der Waals surface area contributed by atoms with Gasteiger partial charge in [-0.2, -0.15) is 0 Å². The summed E-state index contributed by atoms with van der Waals surface area (Å²) in [6.45, 7) is 3.30. The molecule has 1 aromatic carbocycles. The van der Waals surface area contributed by atoms with E-state index < -0.39 is 5.31 Å². The van der Waals surface area contributed by atoms with E-state index in [1.54, 1.807) is 6.92 Å². The van der Waals surface area contributed by atoms with Crippen LogP contribution in [0.5, 0.6) is 0 Å². The highest BCUT2D eigenvalue weighted by Crippen LogP contribution is 2.26. The summed E-state index contributed by atoms with van der Waals surface area (Å²) in [5.74, 6) is 0.0244. The minimum Gasteiger partial charge on any atom is -0.300 e. The second kappa shape index (κ2) is 3.78.